The third-order valence-corrected chi connectivity index (χ3v) is 8.34. The Labute approximate surface area is 227 Å². The number of aliphatic hydroxyl groups excluding tert-OH is 2. The quantitative estimate of drug-likeness (QED) is 0.587. The zero-order valence-electron chi connectivity index (χ0n) is 21.4. The molecule has 0 bridgehead atoms. The van der Waals surface area contributed by atoms with Crippen LogP contribution in [0.15, 0.2) is 71.1 Å². The van der Waals surface area contributed by atoms with Gasteiger partial charge in [-0.05, 0) is 35.8 Å². The Morgan fingerprint density at radius 1 is 1.13 bits per heavy atom. The van der Waals surface area contributed by atoms with Crippen molar-refractivity contribution in [1.29, 1.82) is 0 Å². The van der Waals surface area contributed by atoms with Crippen LogP contribution in [-0.2, 0) is 10.5 Å². The van der Waals surface area contributed by atoms with Crippen LogP contribution in [0.2, 0.25) is 0 Å². The third-order valence-electron chi connectivity index (χ3n) is 7.14. The van der Waals surface area contributed by atoms with Gasteiger partial charge in [0.25, 0.3) is 11.8 Å². The normalized spacial score (nSPS) is 22.2. The molecule has 206 valence electrons. The van der Waals surface area contributed by atoms with E-state index in [4.69, 9.17) is 0 Å². The van der Waals surface area contributed by atoms with Gasteiger partial charge in [-0.1, -0.05) is 36.4 Å². The molecule has 3 aliphatic heterocycles. The highest BCUT2D eigenvalue weighted by Gasteiger charge is 2.50. The second kappa shape index (κ2) is 9.92. The number of nitrogens with zero attached hydrogens (tertiary/aromatic N) is 4. The molecule has 2 N–H and O–H groups in total. The molecule has 2 amide bonds. The lowest BCUT2D eigenvalue weighted by molar-refractivity contribution is -0.204. The van der Waals surface area contributed by atoms with Crippen LogP contribution in [-0.4, -0.2) is 80.9 Å². The summed E-state index contributed by atoms with van der Waals surface area (Å²) in [6, 6.07) is 9.84. The smallest absolute Gasteiger partial charge is 0.408 e. The predicted octanol–water partition coefficient (Wildman–Crippen LogP) is 4.01. The van der Waals surface area contributed by atoms with Gasteiger partial charge in [-0.3, -0.25) is 14.6 Å². The molecule has 1 saturated heterocycles. The van der Waals surface area contributed by atoms with Crippen molar-refractivity contribution in [3.63, 3.8) is 0 Å². The van der Waals surface area contributed by atoms with Crippen LogP contribution in [0.3, 0.4) is 0 Å². The van der Waals surface area contributed by atoms with E-state index in [9.17, 15) is 33.0 Å². The second-order valence-electron chi connectivity index (χ2n) is 9.75. The van der Waals surface area contributed by atoms with Gasteiger partial charge in [0.2, 0.25) is 0 Å². The molecule has 3 heterocycles. The summed E-state index contributed by atoms with van der Waals surface area (Å²) >= 11 is 1.46. The van der Waals surface area contributed by atoms with Crippen LogP contribution < -0.4 is 0 Å². The number of hydrogen-bond acceptors (Lipinski definition) is 7. The largest absolute Gasteiger partial charge is 0.507 e. The first-order valence-electron chi connectivity index (χ1n) is 12.2. The van der Waals surface area contributed by atoms with Crippen molar-refractivity contribution >= 4 is 23.6 Å². The number of fused-ring (bicyclic) bond motifs is 3. The fourth-order valence-electron chi connectivity index (χ4n) is 5.02. The van der Waals surface area contributed by atoms with E-state index in [-0.39, 0.29) is 5.91 Å². The molecule has 3 aliphatic rings. The van der Waals surface area contributed by atoms with Crippen molar-refractivity contribution in [1.82, 2.24) is 19.8 Å². The Morgan fingerprint density at radius 2 is 1.82 bits per heavy atom. The first-order chi connectivity index (χ1) is 18.4. The van der Waals surface area contributed by atoms with Crippen LogP contribution in [0, 0.1) is 0 Å². The maximum absolute atomic E-state index is 13.9. The molecule has 3 atom stereocenters. The summed E-state index contributed by atoms with van der Waals surface area (Å²) < 4.78 is 41.8. The highest BCUT2D eigenvalue weighted by atomic mass is 32.2. The Morgan fingerprint density at radius 3 is 2.51 bits per heavy atom. The first kappa shape index (κ1) is 27.1. The van der Waals surface area contributed by atoms with Gasteiger partial charge in [0.05, 0.1) is 18.3 Å². The molecule has 1 fully saturated rings. The summed E-state index contributed by atoms with van der Waals surface area (Å²) in [5.41, 5.74) is 2.37. The highest BCUT2D eigenvalue weighted by Crippen LogP contribution is 2.47. The van der Waals surface area contributed by atoms with E-state index in [2.05, 4.69) is 0 Å². The Hall–Kier alpha value is -3.48. The van der Waals surface area contributed by atoms with Gasteiger partial charge in [0, 0.05) is 30.9 Å². The average Bonchev–Trinajstić information content (AvgIpc) is 3.06. The number of carbonyl (C=O) groups is 2. The summed E-state index contributed by atoms with van der Waals surface area (Å²) in [7, 11) is 3.29. The van der Waals surface area contributed by atoms with Crippen LogP contribution in [0.5, 0.6) is 0 Å². The van der Waals surface area contributed by atoms with Crippen molar-refractivity contribution < 1.29 is 33.0 Å². The zero-order valence-corrected chi connectivity index (χ0v) is 22.2. The summed E-state index contributed by atoms with van der Waals surface area (Å²) in [5, 5.41) is 23.8. The standard InChI is InChI=1S/C27H27F3N4O4S/c1-15(27(28,29)30)32-14-34(33-12-11-20(35)23(36)22(33)26(32)38)21-17-8-5-4-7-16(17)13-39-24-18(21)9-6-10-19(24)25(37)31(2)3/h4-12,15,20-21,35-36H,13-14H2,1-3H3/t15-,20?,21+/m1/s1. The van der Waals surface area contributed by atoms with Gasteiger partial charge in [0.1, 0.15) is 12.1 Å². The Balaban J connectivity index is 1.75. The van der Waals surface area contributed by atoms with E-state index >= 15 is 0 Å². The van der Waals surface area contributed by atoms with Crippen LogP contribution >= 0.6 is 11.8 Å². The fourth-order valence-corrected chi connectivity index (χ4v) is 6.24. The number of aliphatic hydroxyl groups is 2. The number of hydrazine groups is 1. The monoisotopic (exact) mass is 560 g/mol. The number of amides is 2. The van der Waals surface area contributed by atoms with Gasteiger partial charge in [-0.15, -0.1) is 11.8 Å². The highest BCUT2D eigenvalue weighted by molar-refractivity contribution is 7.98. The van der Waals surface area contributed by atoms with Gasteiger partial charge in [0.15, 0.2) is 11.5 Å². The van der Waals surface area contributed by atoms with Crippen LogP contribution in [0.1, 0.15) is 40.0 Å². The summed E-state index contributed by atoms with van der Waals surface area (Å²) in [5.74, 6) is -1.50. The summed E-state index contributed by atoms with van der Waals surface area (Å²) in [6.07, 6.45) is -3.64. The zero-order chi connectivity index (χ0) is 28.2. The van der Waals surface area contributed by atoms with Crippen molar-refractivity contribution in [2.24, 2.45) is 0 Å². The minimum absolute atomic E-state index is 0.218. The second-order valence-corrected chi connectivity index (χ2v) is 10.7. The SMILES string of the molecule is C[C@@H](N1CN([C@H]2c3ccccc3CSc3c(C(=O)N(C)C)cccc32)N2C=CC(O)C(O)=C2C1=O)C(F)(F)F. The molecule has 2 aromatic carbocycles. The van der Waals surface area contributed by atoms with E-state index in [0.717, 1.165) is 18.1 Å². The predicted molar refractivity (Wildman–Crippen MR) is 138 cm³/mol. The van der Waals surface area contributed by atoms with Crippen molar-refractivity contribution in [2.45, 2.75) is 41.9 Å². The minimum atomic E-state index is -4.73. The van der Waals surface area contributed by atoms with E-state index in [1.165, 1.54) is 33.9 Å². The molecule has 5 rings (SSSR count). The number of carbonyl (C=O) groups excluding carboxylic acids is 2. The van der Waals surface area contributed by atoms with Gasteiger partial charge >= 0.3 is 6.18 Å². The van der Waals surface area contributed by atoms with E-state index < -0.39 is 48.4 Å². The Kier molecular flexibility index (Phi) is 6.90. The fraction of sp³-hybridized carbons (Fsp3) is 0.333. The Bertz CT molecular complexity index is 1390. The lowest BCUT2D eigenvalue weighted by Gasteiger charge is -2.50. The number of thioether (sulfide) groups is 1. The maximum atomic E-state index is 13.9. The van der Waals surface area contributed by atoms with Crippen molar-refractivity contribution in [2.75, 3.05) is 20.8 Å². The number of benzene rings is 2. The van der Waals surface area contributed by atoms with Gasteiger partial charge in [-0.2, -0.15) is 18.2 Å². The molecule has 0 radical (unpaired) electrons. The molecule has 8 nitrogen and oxygen atoms in total. The summed E-state index contributed by atoms with van der Waals surface area (Å²) in [4.78, 5) is 29.3. The van der Waals surface area contributed by atoms with Crippen molar-refractivity contribution in [3.8, 4) is 0 Å². The topological polar surface area (TPSA) is 87.6 Å². The average molecular weight is 561 g/mol. The van der Waals surface area contributed by atoms with E-state index in [1.54, 1.807) is 31.2 Å². The molecule has 12 heteroatoms. The number of alkyl halides is 3. The van der Waals surface area contributed by atoms with Crippen molar-refractivity contribution in [3.05, 3.63) is 88.5 Å². The number of hydrogen-bond donors (Lipinski definition) is 2. The first-order valence-corrected chi connectivity index (χ1v) is 13.2. The third kappa shape index (κ3) is 4.56. The molecule has 0 aliphatic carbocycles. The van der Waals surface area contributed by atoms with Crippen LogP contribution in [0.25, 0.3) is 0 Å². The minimum Gasteiger partial charge on any atom is -0.507 e. The molecule has 1 unspecified atom stereocenters. The molecule has 2 aromatic rings. The molecule has 0 aromatic heterocycles. The van der Waals surface area contributed by atoms with E-state index in [0.29, 0.717) is 26.7 Å². The summed E-state index contributed by atoms with van der Waals surface area (Å²) in [6.45, 7) is 0.419. The molecule has 0 saturated carbocycles. The van der Waals surface area contributed by atoms with E-state index in [1.807, 2.05) is 30.3 Å². The van der Waals surface area contributed by atoms with Crippen LogP contribution in [0.4, 0.5) is 13.2 Å². The lowest BCUT2D eigenvalue weighted by Crippen LogP contribution is -2.62. The molecule has 0 spiro atoms. The number of rotatable bonds is 3. The van der Waals surface area contributed by atoms with Gasteiger partial charge < -0.3 is 20.0 Å². The molecule has 39 heavy (non-hydrogen) atoms. The molecular weight excluding hydrogens is 533 g/mol. The maximum Gasteiger partial charge on any atom is 0.408 e. The molecular formula is C27H27F3N4O4S. The van der Waals surface area contributed by atoms with Gasteiger partial charge in [-0.25, -0.2) is 0 Å². The number of halogens is 3. The lowest BCUT2D eigenvalue weighted by atomic mass is 9.92.